The number of ether oxygens (including phenoxy) is 2. The molecule has 1 aromatic carbocycles. The third-order valence-corrected chi connectivity index (χ3v) is 4.03. The summed E-state index contributed by atoms with van der Waals surface area (Å²) in [5, 5.41) is 2.88. The Morgan fingerprint density at radius 3 is 2.74 bits per heavy atom. The third-order valence-electron chi connectivity index (χ3n) is 4.03. The number of aromatic nitrogens is 3. The molecule has 0 aliphatic heterocycles. The number of imidazole rings is 1. The number of hydrogen-bond donors (Lipinski definition) is 1. The molecule has 7 nitrogen and oxygen atoms in total. The lowest BCUT2D eigenvalue weighted by Gasteiger charge is -2.07. The molecule has 7 heteroatoms. The van der Waals surface area contributed by atoms with E-state index in [0.717, 1.165) is 17.7 Å². The van der Waals surface area contributed by atoms with Gasteiger partial charge in [0.05, 0.1) is 13.2 Å². The van der Waals surface area contributed by atoms with E-state index in [1.807, 2.05) is 42.5 Å². The van der Waals surface area contributed by atoms with Crippen LogP contribution in [0, 0.1) is 0 Å². The quantitative estimate of drug-likeness (QED) is 0.619. The smallest absolute Gasteiger partial charge is 0.271 e. The van der Waals surface area contributed by atoms with Crippen LogP contribution in [-0.4, -0.2) is 46.6 Å². The fourth-order valence-electron chi connectivity index (χ4n) is 2.67. The summed E-state index contributed by atoms with van der Waals surface area (Å²) >= 11 is 0. The highest BCUT2D eigenvalue weighted by molar-refractivity contribution is 5.93. The van der Waals surface area contributed by atoms with E-state index >= 15 is 0 Å². The van der Waals surface area contributed by atoms with Gasteiger partial charge in [-0.2, -0.15) is 0 Å². The maximum atomic E-state index is 12.4. The summed E-state index contributed by atoms with van der Waals surface area (Å²) < 4.78 is 12.5. The second-order valence-corrected chi connectivity index (χ2v) is 6.39. The Bertz CT molecular complexity index is 903. The second-order valence-electron chi connectivity index (χ2n) is 6.39. The van der Waals surface area contributed by atoms with Crippen molar-refractivity contribution in [2.75, 3.05) is 20.3 Å². The number of fused-ring (bicyclic) bond motifs is 1. The molecule has 0 bridgehead atoms. The highest BCUT2D eigenvalue weighted by Crippen LogP contribution is 2.24. The van der Waals surface area contributed by atoms with Crippen molar-refractivity contribution in [3.8, 4) is 17.0 Å². The Morgan fingerprint density at radius 1 is 1.26 bits per heavy atom. The lowest BCUT2D eigenvalue weighted by Crippen LogP contribution is -2.25. The van der Waals surface area contributed by atoms with Crippen molar-refractivity contribution in [3.05, 3.63) is 48.5 Å². The fraction of sp³-hybridized carbons (Fsp3) is 0.350. The molecule has 27 heavy (non-hydrogen) atoms. The number of methoxy groups -OCH3 is 1. The molecule has 3 aromatic rings. The van der Waals surface area contributed by atoms with Crippen LogP contribution in [0.4, 0.5) is 0 Å². The first-order chi connectivity index (χ1) is 13.1. The summed E-state index contributed by atoms with van der Waals surface area (Å²) in [5.74, 6) is 0.569. The van der Waals surface area contributed by atoms with Crippen LogP contribution >= 0.6 is 0 Å². The van der Waals surface area contributed by atoms with Crippen LogP contribution in [0.1, 0.15) is 30.8 Å². The second kappa shape index (κ2) is 8.64. The molecule has 0 atom stereocenters. The standard InChI is InChI=1S/C20H24N4O3/c1-14(2)27-12-4-9-22-20(25)17-13-24-11-10-21-18(19(24)23-17)15-5-7-16(26-3)8-6-15/h5-8,10-11,13-14H,4,9,12H2,1-3H3,(H,22,25). The van der Waals surface area contributed by atoms with E-state index in [9.17, 15) is 4.79 Å². The van der Waals surface area contributed by atoms with E-state index < -0.39 is 0 Å². The number of rotatable bonds is 8. The molecule has 0 aliphatic carbocycles. The van der Waals surface area contributed by atoms with Gasteiger partial charge in [-0.05, 0) is 44.5 Å². The molecule has 1 N–H and O–H groups in total. The van der Waals surface area contributed by atoms with Gasteiger partial charge in [0.25, 0.3) is 5.91 Å². The van der Waals surface area contributed by atoms with Crippen molar-refractivity contribution >= 4 is 11.6 Å². The van der Waals surface area contributed by atoms with E-state index in [0.29, 0.717) is 30.2 Å². The fourth-order valence-corrected chi connectivity index (χ4v) is 2.67. The van der Waals surface area contributed by atoms with Gasteiger partial charge in [-0.15, -0.1) is 0 Å². The zero-order chi connectivity index (χ0) is 19.2. The SMILES string of the molecule is COc1ccc(-c2nccn3cc(C(=O)NCCCOC(C)C)nc23)cc1. The van der Waals surface area contributed by atoms with Gasteiger partial charge in [0.2, 0.25) is 0 Å². The number of carbonyl (C=O) groups excluding carboxylic acids is 1. The number of nitrogens with one attached hydrogen (secondary N) is 1. The minimum Gasteiger partial charge on any atom is -0.497 e. The highest BCUT2D eigenvalue weighted by atomic mass is 16.5. The van der Waals surface area contributed by atoms with Gasteiger partial charge >= 0.3 is 0 Å². The van der Waals surface area contributed by atoms with Crippen molar-refractivity contribution in [1.29, 1.82) is 0 Å². The first-order valence-electron chi connectivity index (χ1n) is 8.96. The predicted octanol–water partition coefficient (Wildman–Crippen LogP) is 2.95. The van der Waals surface area contributed by atoms with Gasteiger partial charge in [0.15, 0.2) is 5.65 Å². The summed E-state index contributed by atoms with van der Waals surface area (Å²) in [5.41, 5.74) is 2.62. The normalized spacial score (nSPS) is 11.1. The number of carbonyl (C=O) groups is 1. The topological polar surface area (TPSA) is 77.8 Å². The molecule has 0 aliphatic rings. The van der Waals surface area contributed by atoms with Gasteiger partial charge in [-0.1, -0.05) is 0 Å². The molecular weight excluding hydrogens is 344 g/mol. The molecule has 3 rings (SSSR count). The van der Waals surface area contributed by atoms with Crippen molar-refractivity contribution in [2.45, 2.75) is 26.4 Å². The minimum atomic E-state index is -0.205. The average Bonchev–Trinajstić information content (AvgIpc) is 3.12. The van der Waals surface area contributed by atoms with E-state index in [1.165, 1.54) is 0 Å². The number of benzene rings is 1. The molecule has 0 fully saturated rings. The molecule has 0 unspecified atom stereocenters. The van der Waals surface area contributed by atoms with Crippen molar-refractivity contribution in [3.63, 3.8) is 0 Å². The maximum Gasteiger partial charge on any atom is 0.271 e. The third kappa shape index (κ3) is 4.62. The molecule has 0 radical (unpaired) electrons. The van der Waals surface area contributed by atoms with E-state index in [1.54, 1.807) is 25.7 Å². The molecule has 2 heterocycles. The van der Waals surface area contributed by atoms with Crippen LogP contribution in [0.2, 0.25) is 0 Å². The summed E-state index contributed by atoms with van der Waals surface area (Å²) in [6.07, 6.45) is 6.14. The number of nitrogens with zero attached hydrogens (tertiary/aromatic N) is 3. The summed E-state index contributed by atoms with van der Waals surface area (Å²) in [6.45, 7) is 5.14. The van der Waals surface area contributed by atoms with Crippen LogP contribution in [0.3, 0.4) is 0 Å². The molecule has 142 valence electrons. The Kier molecular flexibility index (Phi) is 6.03. The zero-order valence-electron chi connectivity index (χ0n) is 15.8. The summed E-state index contributed by atoms with van der Waals surface area (Å²) in [4.78, 5) is 21.3. The van der Waals surface area contributed by atoms with E-state index in [2.05, 4.69) is 15.3 Å². The summed E-state index contributed by atoms with van der Waals surface area (Å²) in [7, 11) is 1.63. The Hall–Kier alpha value is -2.93. The van der Waals surface area contributed by atoms with Gasteiger partial charge in [-0.25, -0.2) is 4.98 Å². The van der Waals surface area contributed by atoms with Gasteiger partial charge in [0.1, 0.15) is 17.1 Å². The molecule has 0 saturated heterocycles. The monoisotopic (exact) mass is 368 g/mol. The molecular formula is C20H24N4O3. The largest absolute Gasteiger partial charge is 0.497 e. The predicted molar refractivity (Wildman–Crippen MR) is 103 cm³/mol. The van der Waals surface area contributed by atoms with Crippen LogP contribution < -0.4 is 10.1 Å². The molecule has 0 spiro atoms. The molecule has 2 aromatic heterocycles. The first-order valence-corrected chi connectivity index (χ1v) is 8.96. The zero-order valence-corrected chi connectivity index (χ0v) is 15.8. The van der Waals surface area contributed by atoms with Gasteiger partial charge in [0, 0.05) is 37.3 Å². The number of amides is 1. The average molecular weight is 368 g/mol. The highest BCUT2D eigenvalue weighted by Gasteiger charge is 2.14. The van der Waals surface area contributed by atoms with Crippen LogP contribution in [-0.2, 0) is 4.74 Å². The summed E-state index contributed by atoms with van der Waals surface area (Å²) in [6, 6.07) is 7.58. The Morgan fingerprint density at radius 2 is 2.04 bits per heavy atom. The lowest BCUT2D eigenvalue weighted by atomic mass is 10.1. The lowest BCUT2D eigenvalue weighted by molar-refractivity contribution is 0.0756. The van der Waals surface area contributed by atoms with Crippen molar-refractivity contribution in [2.24, 2.45) is 0 Å². The minimum absolute atomic E-state index is 0.197. The Labute approximate surface area is 158 Å². The first kappa shape index (κ1) is 18.8. The van der Waals surface area contributed by atoms with Crippen LogP contribution in [0.15, 0.2) is 42.9 Å². The van der Waals surface area contributed by atoms with Crippen LogP contribution in [0.25, 0.3) is 16.9 Å². The van der Waals surface area contributed by atoms with Crippen molar-refractivity contribution < 1.29 is 14.3 Å². The number of hydrogen-bond acceptors (Lipinski definition) is 5. The van der Waals surface area contributed by atoms with E-state index in [-0.39, 0.29) is 12.0 Å². The van der Waals surface area contributed by atoms with Gasteiger partial charge in [-0.3, -0.25) is 9.78 Å². The Balaban J connectivity index is 1.74. The molecule has 1 amide bonds. The van der Waals surface area contributed by atoms with Crippen molar-refractivity contribution in [1.82, 2.24) is 19.7 Å². The van der Waals surface area contributed by atoms with Gasteiger partial charge < -0.3 is 19.2 Å². The van der Waals surface area contributed by atoms with Crippen LogP contribution in [0.5, 0.6) is 5.75 Å². The molecule has 0 saturated carbocycles. The van der Waals surface area contributed by atoms with E-state index in [4.69, 9.17) is 9.47 Å². The maximum absolute atomic E-state index is 12.4.